The van der Waals surface area contributed by atoms with Gasteiger partial charge >= 0.3 is 0 Å². The smallest absolute Gasteiger partial charge is 0.0218 e. The van der Waals surface area contributed by atoms with Crippen LogP contribution in [-0.4, -0.2) is 30.6 Å². The lowest BCUT2D eigenvalue weighted by atomic mass is 9.90. The lowest BCUT2D eigenvalue weighted by Gasteiger charge is -2.39. The van der Waals surface area contributed by atoms with E-state index >= 15 is 0 Å². The Kier molecular flexibility index (Phi) is 5.49. The molecule has 1 atom stereocenters. The average molecular weight is 198 g/mol. The molecule has 0 radical (unpaired) electrons. The Morgan fingerprint density at radius 3 is 2.50 bits per heavy atom. The van der Waals surface area contributed by atoms with Crippen LogP contribution in [0.2, 0.25) is 0 Å². The fraction of sp³-hybridized carbons (Fsp3) is 1.00. The van der Waals surface area contributed by atoms with Crippen LogP contribution in [0.4, 0.5) is 0 Å². The molecular formula is C12H26N2. The number of likely N-dealkylation sites (N-methyl/N-ethyl adjacent to an activating group) is 1. The summed E-state index contributed by atoms with van der Waals surface area (Å²) in [5.74, 6) is 0. The number of unbranched alkanes of at least 4 members (excludes halogenated alkanes) is 2. The van der Waals surface area contributed by atoms with Crippen LogP contribution in [0.25, 0.3) is 0 Å². The second-order valence-corrected chi connectivity index (χ2v) is 4.64. The summed E-state index contributed by atoms with van der Waals surface area (Å²) in [6.07, 6.45) is 9.50. The van der Waals surface area contributed by atoms with Crippen LogP contribution >= 0.6 is 0 Å². The highest BCUT2D eigenvalue weighted by atomic mass is 15.2. The van der Waals surface area contributed by atoms with Crippen LogP contribution in [0, 0.1) is 0 Å². The Bertz CT molecular complexity index is 143. The molecule has 14 heavy (non-hydrogen) atoms. The lowest BCUT2D eigenvalue weighted by molar-refractivity contribution is 0.107. The van der Waals surface area contributed by atoms with Crippen LogP contribution in [0.1, 0.15) is 51.9 Å². The first-order chi connectivity index (χ1) is 6.79. The van der Waals surface area contributed by atoms with E-state index in [1.807, 2.05) is 0 Å². The van der Waals surface area contributed by atoms with E-state index in [0.717, 1.165) is 12.6 Å². The van der Waals surface area contributed by atoms with E-state index in [9.17, 15) is 0 Å². The molecule has 2 N–H and O–H groups in total. The largest absolute Gasteiger partial charge is 0.329 e. The zero-order valence-electron chi connectivity index (χ0n) is 9.84. The summed E-state index contributed by atoms with van der Waals surface area (Å²) in [5, 5.41) is 0. The maximum absolute atomic E-state index is 5.83. The molecule has 0 aromatic carbocycles. The lowest BCUT2D eigenvalue weighted by Crippen LogP contribution is -2.47. The molecule has 0 heterocycles. The number of rotatable bonds is 7. The third-order valence-electron chi connectivity index (χ3n) is 3.64. The second-order valence-electron chi connectivity index (χ2n) is 4.64. The molecule has 0 spiro atoms. The molecule has 0 aromatic heterocycles. The van der Waals surface area contributed by atoms with Gasteiger partial charge in [0.15, 0.2) is 0 Å². The Morgan fingerprint density at radius 2 is 2.07 bits per heavy atom. The van der Waals surface area contributed by atoms with Gasteiger partial charge in [0.25, 0.3) is 0 Å². The summed E-state index contributed by atoms with van der Waals surface area (Å²) in [5.41, 5.74) is 5.83. The topological polar surface area (TPSA) is 29.3 Å². The van der Waals surface area contributed by atoms with E-state index < -0.39 is 0 Å². The highest BCUT2D eigenvalue weighted by Crippen LogP contribution is 2.26. The van der Waals surface area contributed by atoms with Crippen molar-refractivity contribution in [3.8, 4) is 0 Å². The van der Waals surface area contributed by atoms with Crippen LogP contribution in [-0.2, 0) is 0 Å². The molecule has 84 valence electrons. The van der Waals surface area contributed by atoms with Crippen LogP contribution in [0.5, 0.6) is 0 Å². The van der Waals surface area contributed by atoms with Gasteiger partial charge < -0.3 is 5.73 Å². The SMILES string of the molecule is CCCCCC(CN)N(C)C1CCC1. The first-order valence-electron chi connectivity index (χ1n) is 6.21. The molecule has 0 aliphatic heterocycles. The zero-order chi connectivity index (χ0) is 10.4. The van der Waals surface area contributed by atoms with E-state index in [2.05, 4.69) is 18.9 Å². The van der Waals surface area contributed by atoms with Crippen LogP contribution in [0.3, 0.4) is 0 Å². The third-order valence-corrected chi connectivity index (χ3v) is 3.64. The first-order valence-corrected chi connectivity index (χ1v) is 6.21. The maximum atomic E-state index is 5.83. The summed E-state index contributed by atoms with van der Waals surface area (Å²) >= 11 is 0. The first kappa shape index (κ1) is 12.0. The number of nitrogens with two attached hydrogens (primary N) is 1. The molecule has 1 fully saturated rings. The van der Waals surface area contributed by atoms with Crippen molar-refractivity contribution in [1.82, 2.24) is 4.90 Å². The molecule has 1 unspecified atom stereocenters. The summed E-state index contributed by atoms with van der Waals surface area (Å²) in [4.78, 5) is 2.53. The van der Waals surface area contributed by atoms with Gasteiger partial charge in [-0.1, -0.05) is 32.6 Å². The monoisotopic (exact) mass is 198 g/mol. The standard InChI is InChI=1S/C12H26N2/c1-3-4-5-7-12(10-13)14(2)11-8-6-9-11/h11-12H,3-10,13H2,1-2H3. The highest BCUT2D eigenvalue weighted by Gasteiger charge is 2.26. The molecule has 0 bridgehead atoms. The van der Waals surface area contributed by atoms with Gasteiger partial charge in [0.2, 0.25) is 0 Å². The van der Waals surface area contributed by atoms with Crippen LogP contribution < -0.4 is 5.73 Å². The minimum absolute atomic E-state index is 0.631. The predicted octanol–water partition coefficient (Wildman–Crippen LogP) is 2.38. The normalized spacial score (nSPS) is 19.7. The minimum Gasteiger partial charge on any atom is -0.329 e. The quantitative estimate of drug-likeness (QED) is 0.636. The van der Waals surface area contributed by atoms with E-state index in [0.29, 0.717) is 6.04 Å². The van der Waals surface area contributed by atoms with Gasteiger partial charge in [-0.3, -0.25) is 4.90 Å². The molecule has 0 aromatic rings. The minimum atomic E-state index is 0.631. The molecule has 1 rings (SSSR count). The van der Waals surface area contributed by atoms with Gasteiger partial charge in [0.1, 0.15) is 0 Å². The number of hydrogen-bond donors (Lipinski definition) is 1. The average Bonchev–Trinajstić information content (AvgIpc) is 2.09. The Balaban J connectivity index is 2.21. The molecule has 0 amide bonds. The summed E-state index contributed by atoms with van der Waals surface area (Å²) in [7, 11) is 2.26. The van der Waals surface area contributed by atoms with Gasteiger partial charge in [-0.2, -0.15) is 0 Å². The summed E-state index contributed by atoms with van der Waals surface area (Å²) < 4.78 is 0. The molecule has 2 heteroatoms. The van der Waals surface area contributed by atoms with Gasteiger partial charge in [0, 0.05) is 18.6 Å². The van der Waals surface area contributed by atoms with E-state index in [1.165, 1.54) is 44.9 Å². The Morgan fingerprint density at radius 1 is 1.36 bits per heavy atom. The molecule has 1 aliphatic carbocycles. The second kappa shape index (κ2) is 6.41. The molecule has 1 aliphatic rings. The zero-order valence-corrected chi connectivity index (χ0v) is 9.84. The molecular weight excluding hydrogens is 172 g/mol. The van der Waals surface area contributed by atoms with Crippen molar-refractivity contribution in [2.24, 2.45) is 5.73 Å². The van der Waals surface area contributed by atoms with Gasteiger partial charge in [-0.15, -0.1) is 0 Å². The molecule has 2 nitrogen and oxygen atoms in total. The highest BCUT2D eigenvalue weighted by molar-refractivity contribution is 4.83. The van der Waals surface area contributed by atoms with Crippen molar-refractivity contribution in [1.29, 1.82) is 0 Å². The summed E-state index contributed by atoms with van der Waals surface area (Å²) in [6.45, 7) is 3.09. The molecule has 0 saturated heterocycles. The predicted molar refractivity (Wildman–Crippen MR) is 62.4 cm³/mol. The Hall–Kier alpha value is -0.0800. The third kappa shape index (κ3) is 3.25. The van der Waals surface area contributed by atoms with Crippen molar-refractivity contribution in [3.05, 3.63) is 0 Å². The Labute approximate surface area is 88.8 Å². The number of nitrogens with zero attached hydrogens (tertiary/aromatic N) is 1. The van der Waals surface area contributed by atoms with Crippen LogP contribution in [0.15, 0.2) is 0 Å². The van der Waals surface area contributed by atoms with E-state index in [4.69, 9.17) is 5.73 Å². The van der Waals surface area contributed by atoms with Gasteiger partial charge in [-0.25, -0.2) is 0 Å². The number of hydrogen-bond acceptors (Lipinski definition) is 2. The van der Waals surface area contributed by atoms with Crippen molar-refractivity contribution < 1.29 is 0 Å². The summed E-state index contributed by atoms with van der Waals surface area (Å²) in [6, 6.07) is 1.47. The van der Waals surface area contributed by atoms with E-state index in [-0.39, 0.29) is 0 Å². The van der Waals surface area contributed by atoms with Gasteiger partial charge in [0.05, 0.1) is 0 Å². The fourth-order valence-corrected chi connectivity index (χ4v) is 2.21. The van der Waals surface area contributed by atoms with Crippen molar-refractivity contribution in [2.45, 2.75) is 64.0 Å². The van der Waals surface area contributed by atoms with Crippen molar-refractivity contribution in [2.75, 3.05) is 13.6 Å². The van der Waals surface area contributed by atoms with Crippen molar-refractivity contribution >= 4 is 0 Å². The van der Waals surface area contributed by atoms with Crippen molar-refractivity contribution in [3.63, 3.8) is 0 Å². The fourth-order valence-electron chi connectivity index (χ4n) is 2.21. The van der Waals surface area contributed by atoms with E-state index in [1.54, 1.807) is 0 Å². The molecule has 1 saturated carbocycles. The maximum Gasteiger partial charge on any atom is 0.0218 e. The van der Waals surface area contributed by atoms with Gasteiger partial charge in [-0.05, 0) is 26.3 Å².